The molecule has 0 spiro atoms. The molecule has 5 heteroatoms. The topological polar surface area (TPSA) is 65.4 Å². The highest BCUT2D eigenvalue weighted by Gasteiger charge is 2.12. The molecule has 1 N–H and O–H groups in total. The Labute approximate surface area is 202 Å². The van der Waals surface area contributed by atoms with Gasteiger partial charge < -0.3 is 15.0 Å². The lowest BCUT2D eigenvalue weighted by atomic mass is 10.0. The minimum Gasteiger partial charge on any atom is -0.373 e. The minimum atomic E-state index is -0.117. The standard InChI is InChI=1S/C29H31N3O2/c1-23(2)26-13-15-27(16-14-26)31-29(33)21-32(28-12-8-11-25(19-28)20-30)17-6-7-18-34-22-24-9-4-3-5-10-24/h3-16,19,23H,17-18,21-22H2,1-2H3,(H,31,33). The van der Waals surface area contributed by atoms with Crippen molar-refractivity contribution in [1.29, 1.82) is 5.26 Å². The van der Waals surface area contributed by atoms with Crippen LogP contribution in [-0.2, 0) is 16.1 Å². The second-order valence-corrected chi connectivity index (χ2v) is 8.34. The predicted octanol–water partition coefficient (Wildman–Crippen LogP) is 5.90. The van der Waals surface area contributed by atoms with Crippen LogP contribution in [0.4, 0.5) is 11.4 Å². The summed E-state index contributed by atoms with van der Waals surface area (Å²) in [6, 6.07) is 27.4. The molecule has 0 atom stereocenters. The van der Waals surface area contributed by atoms with Crippen molar-refractivity contribution in [3.05, 3.63) is 108 Å². The van der Waals surface area contributed by atoms with E-state index in [2.05, 4.69) is 25.2 Å². The summed E-state index contributed by atoms with van der Waals surface area (Å²) >= 11 is 0. The molecule has 0 aliphatic rings. The quantitative estimate of drug-likeness (QED) is 0.290. The van der Waals surface area contributed by atoms with Gasteiger partial charge in [0, 0.05) is 17.9 Å². The number of nitrogens with zero attached hydrogens (tertiary/aromatic N) is 2. The third-order valence-electron chi connectivity index (χ3n) is 5.35. The number of carbonyl (C=O) groups is 1. The van der Waals surface area contributed by atoms with E-state index >= 15 is 0 Å². The van der Waals surface area contributed by atoms with E-state index in [4.69, 9.17) is 4.74 Å². The summed E-state index contributed by atoms with van der Waals surface area (Å²) < 4.78 is 5.70. The van der Waals surface area contributed by atoms with Crippen molar-refractivity contribution in [3.63, 3.8) is 0 Å². The fourth-order valence-corrected chi connectivity index (χ4v) is 3.45. The van der Waals surface area contributed by atoms with E-state index in [0.29, 0.717) is 31.2 Å². The smallest absolute Gasteiger partial charge is 0.243 e. The summed E-state index contributed by atoms with van der Waals surface area (Å²) in [7, 11) is 0. The van der Waals surface area contributed by atoms with Crippen LogP contribution in [0.5, 0.6) is 0 Å². The molecule has 5 nitrogen and oxygen atoms in total. The first kappa shape index (κ1) is 24.8. The number of carbonyl (C=O) groups excluding carboxylic acids is 1. The van der Waals surface area contributed by atoms with Gasteiger partial charge in [0.1, 0.15) is 0 Å². The molecule has 0 saturated carbocycles. The third kappa shape index (κ3) is 7.91. The Morgan fingerprint density at radius 1 is 1.03 bits per heavy atom. The molecule has 0 radical (unpaired) electrons. The van der Waals surface area contributed by atoms with Crippen LogP contribution in [0.25, 0.3) is 0 Å². The highest BCUT2D eigenvalue weighted by atomic mass is 16.5. The van der Waals surface area contributed by atoms with E-state index in [1.165, 1.54) is 5.56 Å². The van der Waals surface area contributed by atoms with Crippen molar-refractivity contribution in [2.75, 3.05) is 29.9 Å². The fraction of sp³-hybridized carbons (Fsp3) is 0.241. The Bertz CT molecular complexity index is 1120. The molecule has 0 aliphatic heterocycles. The van der Waals surface area contributed by atoms with Crippen LogP contribution in [0.3, 0.4) is 0 Å². The number of rotatable bonds is 11. The van der Waals surface area contributed by atoms with Gasteiger partial charge in [-0.05, 0) is 47.4 Å². The average molecular weight is 454 g/mol. The van der Waals surface area contributed by atoms with Crippen molar-refractivity contribution < 1.29 is 9.53 Å². The number of amides is 1. The van der Waals surface area contributed by atoms with Gasteiger partial charge in [0.25, 0.3) is 0 Å². The van der Waals surface area contributed by atoms with Crippen LogP contribution < -0.4 is 10.2 Å². The maximum atomic E-state index is 12.8. The first-order chi connectivity index (χ1) is 16.5. The number of benzene rings is 3. The Balaban J connectivity index is 1.59. The second kappa shape index (κ2) is 13.0. The van der Waals surface area contributed by atoms with E-state index in [-0.39, 0.29) is 12.5 Å². The average Bonchev–Trinajstić information content (AvgIpc) is 2.86. The van der Waals surface area contributed by atoms with E-state index in [1.54, 1.807) is 12.1 Å². The minimum absolute atomic E-state index is 0.117. The molecule has 0 saturated heterocycles. The van der Waals surface area contributed by atoms with Gasteiger partial charge in [0.15, 0.2) is 0 Å². The first-order valence-corrected chi connectivity index (χ1v) is 11.5. The van der Waals surface area contributed by atoms with E-state index < -0.39 is 0 Å². The van der Waals surface area contributed by atoms with E-state index in [0.717, 1.165) is 16.9 Å². The molecule has 0 unspecified atom stereocenters. The Morgan fingerprint density at radius 3 is 2.50 bits per heavy atom. The zero-order valence-electron chi connectivity index (χ0n) is 19.8. The van der Waals surface area contributed by atoms with E-state index in [1.807, 2.05) is 83.8 Å². The molecule has 3 aromatic carbocycles. The zero-order valence-corrected chi connectivity index (χ0v) is 19.8. The fourth-order valence-electron chi connectivity index (χ4n) is 3.45. The van der Waals surface area contributed by atoms with Crippen LogP contribution in [0, 0.1) is 11.3 Å². The number of anilines is 2. The summed E-state index contributed by atoms with van der Waals surface area (Å²) in [5, 5.41) is 12.2. The zero-order chi connectivity index (χ0) is 24.2. The molecule has 174 valence electrons. The summed E-state index contributed by atoms with van der Waals surface area (Å²) in [5.74, 6) is 0.324. The maximum absolute atomic E-state index is 12.8. The molecule has 34 heavy (non-hydrogen) atoms. The third-order valence-corrected chi connectivity index (χ3v) is 5.35. The number of nitriles is 1. The molecule has 0 aliphatic carbocycles. The van der Waals surface area contributed by atoms with Crippen molar-refractivity contribution in [2.45, 2.75) is 26.4 Å². The van der Waals surface area contributed by atoms with Crippen molar-refractivity contribution >= 4 is 17.3 Å². The molecular weight excluding hydrogens is 422 g/mol. The van der Waals surface area contributed by atoms with Crippen LogP contribution in [0.2, 0.25) is 0 Å². The first-order valence-electron chi connectivity index (χ1n) is 11.5. The Kier molecular flexibility index (Phi) is 9.45. The summed E-state index contributed by atoms with van der Waals surface area (Å²) in [6.07, 6.45) is 3.93. The van der Waals surface area contributed by atoms with Crippen molar-refractivity contribution in [2.24, 2.45) is 0 Å². The second-order valence-electron chi connectivity index (χ2n) is 8.34. The SMILES string of the molecule is CC(C)c1ccc(NC(=O)CN(CC=CCOCc2ccccc2)c2cccc(C#N)c2)cc1. The number of hydrogen-bond acceptors (Lipinski definition) is 4. The van der Waals surface area contributed by atoms with Gasteiger partial charge in [-0.15, -0.1) is 0 Å². The molecule has 0 bridgehead atoms. The predicted molar refractivity (Wildman–Crippen MR) is 138 cm³/mol. The van der Waals surface area contributed by atoms with Gasteiger partial charge in [-0.3, -0.25) is 4.79 Å². The van der Waals surface area contributed by atoms with Gasteiger partial charge in [0.05, 0.1) is 31.4 Å². The largest absolute Gasteiger partial charge is 0.373 e. The number of nitrogens with one attached hydrogen (secondary N) is 1. The number of hydrogen-bond donors (Lipinski definition) is 1. The monoisotopic (exact) mass is 453 g/mol. The number of ether oxygens (including phenoxy) is 1. The van der Waals surface area contributed by atoms with Crippen LogP contribution in [0.1, 0.15) is 36.5 Å². The van der Waals surface area contributed by atoms with Gasteiger partial charge in [0.2, 0.25) is 5.91 Å². The molecule has 0 fully saturated rings. The lowest BCUT2D eigenvalue weighted by Crippen LogP contribution is -2.33. The normalized spacial score (nSPS) is 10.9. The maximum Gasteiger partial charge on any atom is 0.243 e. The molecule has 3 rings (SSSR count). The highest BCUT2D eigenvalue weighted by Crippen LogP contribution is 2.19. The van der Waals surface area contributed by atoms with Crippen LogP contribution >= 0.6 is 0 Å². The summed E-state index contributed by atoms with van der Waals surface area (Å²) in [6.45, 7) is 5.99. The summed E-state index contributed by atoms with van der Waals surface area (Å²) in [5.41, 5.74) is 4.50. The molecular formula is C29H31N3O2. The summed E-state index contributed by atoms with van der Waals surface area (Å²) in [4.78, 5) is 14.7. The molecule has 0 heterocycles. The Morgan fingerprint density at radius 2 is 1.79 bits per heavy atom. The van der Waals surface area contributed by atoms with E-state index in [9.17, 15) is 10.1 Å². The van der Waals surface area contributed by atoms with Gasteiger partial charge >= 0.3 is 0 Å². The molecule has 3 aromatic rings. The van der Waals surface area contributed by atoms with Gasteiger partial charge in [-0.2, -0.15) is 5.26 Å². The molecule has 0 aromatic heterocycles. The van der Waals surface area contributed by atoms with Gasteiger partial charge in [-0.25, -0.2) is 0 Å². The van der Waals surface area contributed by atoms with Crippen LogP contribution in [-0.4, -0.2) is 25.6 Å². The van der Waals surface area contributed by atoms with Crippen LogP contribution in [0.15, 0.2) is 91.0 Å². The molecule has 1 amide bonds. The van der Waals surface area contributed by atoms with Crippen molar-refractivity contribution in [1.82, 2.24) is 0 Å². The van der Waals surface area contributed by atoms with Gasteiger partial charge in [-0.1, -0.05) is 74.5 Å². The lowest BCUT2D eigenvalue weighted by molar-refractivity contribution is -0.115. The van der Waals surface area contributed by atoms with Crippen molar-refractivity contribution in [3.8, 4) is 6.07 Å². The highest BCUT2D eigenvalue weighted by molar-refractivity contribution is 5.94. The lowest BCUT2D eigenvalue weighted by Gasteiger charge is -2.23. The Hall–Kier alpha value is -3.88.